The summed E-state index contributed by atoms with van der Waals surface area (Å²) in [5.41, 5.74) is 0.475. The molecule has 1 amide bonds. The van der Waals surface area contributed by atoms with E-state index in [2.05, 4.69) is 26.1 Å². The fourth-order valence-electron chi connectivity index (χ4n) is 1.51. The number of benzene rings is 1. The van der Waals surface area contributed by atoms with Crippen molar-refractivity contribution in [3.8, 4) is 5.75 Å². The molecule has 0 aliphatic carbocycles. The highest BCUT2D eigenvalue weighted by Gasteiger charge is 2.07. The first kappa shape index (κ1) is 15.0. The van der Waals surface area contributed by atoms with E-state index in [4.69, 9.17) is 0 Å². The Morgan fingerprint density at radius 2 is 2.11 bits per heavy atom. The molecule has 5 heteroatoms. The third kappa shape index (κ3) is 5.06. The molecule has 0 saturated heterocycles. The van der Waals surface area contributed by atoms with Gasteiger partial charge in [0.25, 0.3) is 5.91 Å². The van der Waals surface area contributed by atoms with E-state index in [9.17, 15) is 9.90 Å². The molecule has 4 nitrogen and oxygen atoms in total. The maximum Gasteiger partial charge on any atom is 0.251 e. The molecular weight excluding hydrogens is 296 g/mol. The summed E-state index contributed by atoms with van der Waals surface area (Å²) in [6, 6.07) is 4.80. The number of amides is 1. The van der Waals surface area contributed by atoms with Gasteiger partial charge in [0.05, 0.1) is 4.47 Å². The highest BCUT2D eigenvalue weighted by Crippen LogP contribution is 2.24. The quantitative estimate of drug-likeness (QED) is 0.792. The summed E-state index contributed by atoms with van der Waals surface area (Å²) >= 11 is 3.18. The van der Waals surface area contributed by atoms with Crippen LogP contribution in [0.5, 0.6) is 5.75 Å². The van der Waals surface area contributed by atoms with Crippen LogP contribution in [0.2, 0.25) is 0 Å². The number of carbonyl (C=O) groups excluding carboxylic acids is 1. The predicted molar refractivity (Wildman–Crippen MR) is 75.9 cm³/mol. The Bertz CT molecular complexity index is 408. The Balaban J connectivity index is 2.34. The number of halogens is 1. The molecule has 1 rings (SSSR count). The zero-order valence-corrected chi connectivity index (χ0v) is 12.3. The van der Waals surface area contributed by atoms with Gasteiger partial charge in [-0.2, -0.15) is 0 Å². The molecule has 0 saturated carbocycles. The Morgan fingerprint density at radius 1 is 1.39 bits per heavy atom. The molecule has 0 unspecified atom stereocenters. The van der Waals surface area contributed by atoms with Gasteiger partial charge in [0.1, 0.15) is 5.75 Å². The molecule has 1 aromatic carbocycles. The van der Waals surface area contributed by atoms with Gasteiger partial charge in [-0.3, -0.25) is 4.79 Å². The van der Waals surface area contributed by atoms with Crippen LogP contribution < -0.4 is 5.32 Å². The molecular formula is C13H19BrN2O2. The second kappa shape index (κ2) is 7.38. The molecule has 100 valence electrons. The van der Waals surface area contributed by atoms with Crippen molar-refractivity contribution >= 4 is 21.8 Å². The lowest BCUT2D eigenvalue weighted by molar-refractivity contribution is 0.0952. The Labute approximate surface area is 116 Å². The molecule has 0 spiro atoms. The van der Waals surface area contributed by atoms with Crippen LogP contribution in [0.3, 0.4) is 0 Å². The van der Waals surface area contributed by atoms with E-state index in [0.29, 0.717) is 16.6 Å². The first-order valence-electron chi connectivity index (χ1n) is 5.92. The van der Waals surface area contributed by atoms with E-state index in [1.807, 2.05) is 14.1 Å². The molecule has 0 aliphatic rings. The number of hydrogen-bond acceptors (Lipinski definition) is 3. The minimum Gasteiger partial charge on any atom is -0.507 e. The third-order valence-corrected chi connectivity index (χ3v) is 3.20. The van der Waals surface area contributed by atoms with Crippen molar-refractivity contribution in [1.82, 2.24) is 10.2 Å². The van der Waals surface area contributed by atoms with E-state index in [1.165, 1.54) is 6.07 Å². The molecule has 1 aromatic rings. The van der Waals surface area contributed by atoms with Gasteiger partial charge in [0.2, 0.25) is 0 Å². The van der Waals surface area contributed by atoms with Crippen molar-refractivity contribution < 1.29 is 9.90 Å². The van der Waals surface area contributed by atoms with Crippen LogP contribution in [-0.2, 0) is 0 Å². The number of carbonyl (C=O) groups is 1. The molecule has 0 atom stereocenters. The molecule has 0 radical (unpaired) electrons. The summed E-state index contributed by atoms with van der Waals surface area (Å²) in [6.45, 7) is 1.68. The summed E-state index contributed by atoms with van der Waals surface area (Å²) in [5, 5.41) is 12.3. The predicted octanol–water partition coefficient (Wildman–Crippen LogP) is 2.23. The van der Waals surface area contributed by atoms with E-state index < -0.39 is 0 Å². The van der Waals surface area contributed by atoms with Gasteiger partial charge in [-0.15, -0.1) is 0 Å². The highest BCUT2D eigenvalue weighted by atomic mass is 79.9. The van der Waals surface area contributed by atoms with Gasteiger partial charge in [-0.05, 0) is 67.6 Å². The van der Waals surface area contributed by atoms with Crippen LogP contribution in [0, 0.1) is 0 Å². The Hall–Kier alpha value is -1.07. The van der Waals surface area contributed by atoms with Crippen LogP contribution in [-0.4, -0.2) is 43.1 Å². The first-order chi connectivity index (χ1) is 8.50. The van der Waals surface area contributed by atoms with Crippen LogP contribution in [0.1, 0.15) is 23.2 Å². The summed E-state index contributed by atoms with van der Waals surface area (Å²) in [4.78, 5) is 13.9. The number of rotatable bonds is 6. The largest absolute Gasteiger partial charge is 0.507 e. The van der Waals surface area contributed by atoms with E-state index in [1.54, 1.807) is 12.1 Å². The van der Waals surface area contributed by atoms with Crippen molar-refractivity contribution in [3.63, 3.8) is 0 Å². The third-order valence-electron chi connectivity index (χ3n) is 2.53. The van der Waals surface area contributed by atoms with Crippen molar-refractivity contribution in [2.75, 3.05) is 27.2 Å². The van der Waals surface area contributed by atoms with E-state index in [0.717, 1.165) is 19.4 Å². The van der Waals surface area contributed by atoms with Crippen LogP contribution in [0.4, 0.5) is 0 Å². The van der Waals surface area contributed by atoms with Gasteiger partial charge in [0, 0.05) is 12.1 Å². The molecule has 0 bridgehead atoms. The van der Waals surface area contributed by atoms with Gasteiger partial charge in [0.15, 0.2) is 0 Å². The summed E-state index contributed by atoms with van der Waals surface area (Å²) in [5.74, 6) is -0.0714. The maximum absolute atomic E-state index is 11.8. The van der Waals surface area contributed by atoms with Crippen LogP contribution >= 0.6 is 15.9 Å². The molecule has 0 fully saturated rings. The summed E-state index contributed by atoms with van der Waals surface area (Å²) in [6.07, 6.45) is 2.01. The molecule has 0 heterocycles. The molecule has 2 N–H and O–H groups in total. The number of phenols is 1. The number of unbranched alkanes of at least 4 members (excludes halogenated alkanes) is 1. The number of phenolic OH excluding ortho intramolecular Hbond substituents is 1. The molecule has 18 heavy (non-hydrogen) atoms. The number of nitrogens with zero attached hydrogens (tertiary/aromatic N) is 1. The Morgan fingerprint density at radius 3 is 2.72 bits per heavy atom. The monoisotopic (exact) mass is 314 g/mol. The normalized spacial score (nSPS) is 10.7. The van der Waals surface area contributed by atoms with Crippen molar-refractivity contribution in [3.05, 3.63) is 28.2 Å². The van der Waals surface area contributed by atoms with E-state index in [-0.39, 0.29) is 11.7 Å². The minimum absolute atomic E-state index is 0.0789. The topological polar surface area (TPSA) is 52.6 Å². The zero-order valence-electron chi connectivity index (χ0n) is 10.7. The number of hydrogen-bond donors (Lipinski definition) is 2. The van der Waals surface area contributed by atoms with E-state index >= 15 is 0 Å². The van der Waals surface area contributed by atoms with Crippen molar-refractivity contribution in [1.29, 1.82) is 0 Å². The van der Waals surface area contributed by atoms with Crippen LogP contribution in [0.25, 0.3) is 0 Å². The zero-order chi connectivity index (χ0) is 13.5. The van der Waals surface area contributed by atoms with Crippen molar-refractivity contribution in [2.24, 2.45) is 0 Å². The number of aromatic hydroxyl groups is 1. The first-order valence-corrected chi connectivity index (χ1v) is 6.71. The second-order valence-electron chi connectivity index (χ2n) is 4.43. The molecule has 0 aliphatic heterocycles. The van der Waals surface area contributed by atoms with Crippen LogP contribution in [0.15, 0.2) is 22.7 Å². The fourth-order valence-corrected chi connectivity index (χ4v) is 1.76. The highest BCUT2D eigenvalue weighted by molar-refractivity contribution is 9.10. The average Bonchev–Trinajstić information content (AvgIpc) is 2.31. The summed E-state index contributed by atoms with van der Waals surface area (Å²) < 4.78 is 0.588. The SMILES string of the molecule is CN(C)CCCCNC(=O)c1ccc(Br)c(O)c1. The molecule has 0 aromatic heterocycles. The number of nitrogens with one attached hydrogen (secondary N) is 1. The smallest absolute Gasteiger partial charge is 0.251 e. The standard InChI is InChI=1S/C13H19BrN2O2/c1-16(2)8-4-3-7-15-13(18)10-5-6-11(14)12(17)9-10/h5-6,9,17H,3-4,7-8H2,1-2H3,(H,15,18). The lowest BCUT2D eigenvalue weighted by atomic mass is 10.2. The lowest BCUT2D eigenvalue weighted by Crippen LogP contribution is -2.25. The van der Waals surface area contributed by atoms with Gasteiger partial charge < -0.3 is 15.3 Å². The average molecular weight is 315 g/mol. The van der Waals surface area contributed by atoms with Gasteiger partial charge in [-0.25, -0.2) is 0 Å². The second-order valence-corrected chi connectivity index (χ2v) is 5.29. The minimum atomic E-state index is -0.150. The fraction of sp³-hybridized carbons (Fsp3) is 0.462. The summed E-state index contributed by atoms with van der Waals surface area (Å²) in [7, 11) is 4.06. The maximum atomic E-state index is 11.8. The van der Waals surface area contributed by atoms with Gasteiger partial charge >= 0.3 is 0 Å². The lowest BCUT2D eigenvalue weighted by Gasteiger charge is -2.09. The van der Waals surface area contributed by atoms with Crippen molar-refractivity contribution in [2.45, 2.75) is 12.8 Å². The van der Waals surface area contributed by atoms with Gasteiger partial charge in [-0.1, -0.05) is 0 Å². The Kier molecular flexibility index (Phi) is 6.15.